The van der Waals surface area contributed by atoms with Crippen molar-refractivity contribution < 1.29 is 9.66 Å². The number of imidazole rings is 1. The van der Waals surface area contributed by atoms with E-state index in [1.54, 1.807) is 12.3 Å². The van der Waals surface area contributed by atoms with Gasteiger partial charge in [-0.1, -0.05) is 6.92 Å². The molecule has 0 amide bonds. The minimum Gasteiger partial charge on any atom is -0.496 e. The largest absolute Gasteiger partial charge is 0.496 e. The molecule has 1 aromatic carbocycles. The Morgan fingerprint density at radius 1 is 1.40 bits per heavy atom. The molecule has 0 atom stereocenters. The lowest BCUT2D eigenvalue weighted by atomic mass is 10.2. The molecule has 0 saturated carbocycles. The molecule has 0 N–H and O–H groups in total. The van der Waals surface area contributed by atoms with Crippen molar-refractivity contribution in [1.29, 1.82) is 0 Å². The number of methoxy groups -OCH3 is 1. The van der Waals surface area contributed by atoms with Crippen molar-refractivity contribution in [3.8, 4) is 5.75 Å². The molecule has 0 fully saturated rings. The number of nitrogens with zero attached hydrogens (tertiary/aromatic N) is 3. The minimum atomic E-state index is -0.410. The molecule has 20 heavy (non-hydrogen) atoms. The zero-order chi connectivity index (χ0) is 14.5. The van der Waals surface area contributed by atoms with Gasteiger partial charge < -0.3 is 9.30 Å². The number of nitro benzene ring substituents is 1. The van der Waals surface area contributed by atoms with E-state index in [-0.39, 0.29) is 5.69 Å². The predicted molar refractivity (Wildman–Crippen MR) is 75.0 cm³/mol. The predicted octanol–water partition coefficient (Wildman–Crippen LogP) is 2.80. The van der Waals surface area contributed by atoms with E-state index < -0.39 is 4.92 Å². The van der Waals surface area contributed by atoms with Crippen molar-refractivity contribution >= 4 is 5.69 Å². The van der Waals surface area contributed by atoms with Crippen molar-refractivity contribution in [3.05, 3.63) is 52.1 Å². The maximum Gasteiger partial charge on any atom is 0.273 e. The Bertz CT molecular complexity index is 607. The number of rotatable bonds is 6. The Kier molecular flexibility index (Phi) is 4.34. The maximum absolute atomic E-state index is 10.9. The number of ether oxygens (including phenoxy) is 1. The molecule has 0 unspecified atom stereocenters. The van der Waals surface area contributed by atoms with E-state index in [9.17, 15) is 10.1 Å². The van der Waals surface area contributed by atoms with Gasteiger partial charge in [0.1, 0.15) is 11.6 Å². The number of hydrogen-bond donors (Lipinski definition) is 0. The summed E-state index contributed by atoms with van der Waals surface area (Å²) in [5.74, 6) is 1.48. The number of nitro groups is 1. The molecule has 6 heteroatoms. The highest BCUT2D eigenvalue weighted by molar-refractivity contribution is 5.43. The molecular formula is C14H17N3O3. The van der Waals surface area contributed by atoms with Crippen LogP contribution in [0, 0.1) is 10.1 Å². The van der Waals surface area contributed by atoms with Crippen molar-refractivity contribution in [2.75, 3.05) is 7.11 Å². The van der Waals surface area contributed by atoms with Crippen molar-refractivity contribution in [2.24, 2.45) is 0 Å². The van der Waals surface area contributed by atoms with Crippen LogP contribution in [-0.4, -0.2) is 21.6 Å². The van der Waals surface area contributed by atoms with Gasteiger partial charge in [0, 0.05) is 31.4 Å². The first-order chi connectivity index (χ1) is 9.63. The molecule has 6 nitrogen and oxygen atoms in total. The van der Waals surface area contributed by atoms with Crippen LogP contribution in [0.3, 0.4) is 0 Å². The molecule has 0 saturated heterocycles. The first-order valence-corrected chi connectivity index (χ1v) is 6.46. The minimum absolute atomic E-state index is 0.0384. The van der Waals surface area contributed by atoms with Gasteiger partial charge in [-0.2, -0.15) is 0 Å². The summed E-state index contributed by atoms with van der Waals surface area (Å²) in [5.41, 5.74) is 0.864. The molecule has 0 bridgehead atoms. The van der Waals surface area contributed by atoms with Gasteiger partial charge in [-0.25, -0.2) is 4.98 Å². The lowest BCUT2D eigenvalue weighted by molar-refractivity contribution is -0.385. The van der Waals surface area contributed by atoms with E-state index in [1.807, 2.05) is 16.8 Å². The van der Waals surface area contributed by atoms with Crippen LogP contribution < -0.4 is 4.74 Å². The molecule has 0 radical (unpaired) electrons. The van der Waals surface area contributed by atoms with Gasteiger partial charge in [0.05, 0.1) is 18.1 Å². The lowest BCUT2D eigenvalue weighted by Crippen LogP contribution is -2.05. The number of hydrogen-bond acceptors (Lipinski definition) is 4. The van der Waals surface area contributed by atoms with E-state index in [0.29, 0.717) is 12.3 Å². The van der Waals surface area contributed by atoms with Crippen molar-refractivity contribution in [2.45, 2.75) is 26.3 Å². The van der Waals surface area contributed by atoms with E-state index in [2.05, 4.69) is 11.9 Å². The Hall–Kier alpha value is -2.37. The third-order valence-corrected chi connectivity index (χ3v) is 3.03. The molecule has 0 aliphatic heterocycles. The fraction of sp³-hybridized carbons (Fsp3) is 0.357. The molecule has 2 rings (SSSR count). The quantitative estimate of drug-likeness (QED) is 0.600. The maximum atomic E-state index is 10.9. The molecule has 0 aliphatic carbocycles. The molecule has 106 valence electrons. The molecule has 1 aromatic heterocycles. The second-order valence-electron chi connectivity index (χ2n) is 4.52. The second kappa shape index (κ2) is 6.18. The Labute approximate surface area is 117 Å². The van der Waals surface area contributed by atoms with Gasteiger partial charge in [-0.05, 0) is 18.1 Å². The molecule has 1 heterocycles. The van der Waals surface area contributed by atoms with Crippen LogP contribution in [0.1, 0.15) is 24.7 Å². The van der Waals surface area contributed by atoms with Crippen LogP contribution in [0.5, 0.6) is 5.75 Å². The zero-order valence-corrected chi connectivity index (χ0v) is 11.6. The zero-order valence-electron chi connectivity index (χ0n) is 11.6. The van der Waals surface area contributed by atoms with Crippen molar-refractivity contribution in [1.82, 2.24) is 9.55 Å². The Morgan fingerprint density at radius 2 is 2.20 bits per heavy atom. The van der Waals surface area contributed by atoms with Crippen LogP contribution in [0.4, 0.5) is 5.69 Å². The number of benzene rings is 1. The topological polar surface area (TPSA) is 70.2 Å². The van der Waals surface area contributed by atoms with Gasteiger partial charge in [0.25, 0.3) is 5.69 Å². The average Bonchev–Trinajstić information content (AvgIpc) is 2.86. The highest BCUT2D eigenvalue weighted by Crippen LogP contribution is 2.23. The average molecular weight is 275 g/mol. The van der Waals surface area contributed by atoms with E-state index in [1.165, 1.54) is 13.2 Å². The number of non-ortho nitro benzene ring substituents is 1. The first-order valence-electron chi connectivity index (χ1n) is 6.46. The third-order valence-electron chi connectivity index (χ3n) is 3.03. The summed E-state index contributed by atoms with van der Waals surface area (Å²) < 4.78 is 7.12. The highest BCUT2D eigenvalue weighted by Gasteiger charge is 2.11. The SMILES string of the molecule is CCCc1nccn1Cc1cc(OC)cc([N+](=O)[O-])c1. The molecule has 0 aliphatic rings. The van der Waals surface area contributed by atoms with E-state index in [4.69, 9.17) is 4.74 Å². The normalized spacial score (nSPS) is 10.5. The summed E-state index contributed by atoms with van der Waals surface area (Å²) in [6.45, 7) is 2.64. The van der Waals surface area contributed by atoms with Crippen LogP contribution in [0.25, 0.3) is 0 Å². The van der Waals surface area contributed by atoms with E-state index >= 15 is 0 Å². The first kappa shape index (κ1) is 14.0. The fourth-order valence-electron chi connectivity index (χ4n) is 2.09. The smallest absolute Gasteiger partial charge is 0.273 e. The summed E-state index contributed by atoms with van der Waals surface area (Å²) >= 11 is 0. The second-order valence-corrected chi connectivity index (χ2v) is 4.52. The summed E-state index contributed by atoms with van der Waals surface area (Å²) in [6, 6.07) is 4.80. The highest BCUT2D eigenvalue weighted by atomic mass is 16.6. The van der Waals surface area contributed by atoms with Gasteiger partial charge >= 0.3 is 0 Å². The number of aromatic nitrogens is 2. The molecule has 2 aromatic rings. The van der Waals surface area contributed by atoms with Gasteiger partial charge in [0.2, 0.25) is 0 Å². The van der Waals surface area contributed by atoms with Crippen LogP contribution >= 0.6 is 0 Å². The van der Waals surface area contributed by atoms with Crippen molar-refractivity contribution in [3.63, 3.8) is 0 Å². The summed E-state index contributed by atoms with van der Waals surface area (Å²) in [6.07, 6.45) is 5.53. The summed E-state index contributed by atoms with van der Waals surface area (Å²) in [7, 11) is 1.50. The van der Waals surface area contributed by atoms with Gasteiger partial charge in [-0.3, -0.25) is 10.1 Å². The van der Waals surface area contributed by atoms with Gasteiger partial charge in [-0.15, -0.1) is 0 Å². The summed E-state index contributed by atoms with van der Waals surface area (Å²) in [5, 5.41) is 10.9. The number of aryl methyl sites for hydroxylation is 1. The Morgan fingerprint density at radius 3 is 2.85 bits per heavy atom. The third kappa shape index (κ3) is 3.14. The standard InChI is InChI=1S/C14H17N3O3/c1-3-4-14-15-5-6-16(14)10-11-7-12(17(18)19)9-13(8-11)20-2/h5-9H,3-4,10H2,1-2H3. The summed E-state index contributed by atoms with van der Waals surface area (Å²) in [4.78, 5) is 14.8. The van der Waals surface area contributed by atoms with Crippen LogP contribution in [0.15, 0.2) is 30.6 Å². The monoisotopic (exact) mass is 275 g/mol. The Balaban J connectivity index is 2.30. The fourth-order valence-corrected chi connectivity index (χ4v) is 2.09. The lowest BCUT2D eigenvalue weighted by Gasteiger charge is -2.09. The molecular weight excluding hydrogens is 258 g/mol. The molecule has 0 spiro atoms. The van der Waals surface area contributed by atoms with Crippen LogP contribution in [0.2, 0.25) is 0 Å². The van der Waals surface area contributed by atoms with Gasteiger partial charge in [0.15, 0.2) is 0 Å². The van der Waals surface area contributed by atoms with Crippen LogP contribution in [-0.2, 0) is 13.0 Å². The van der Waals surface area contributed by atoms with E-state index in [0.717, 1.165) is 24.2 Å².